The molecular weight excluding hydrogens is 248 g/mol. The fourth-order valence-electron chi connectivity index (χ4n) is 2.01. The molecule has 1 unspecified atom stereocenters. The maximum absolute atomic E-state index is 9.03. The third kappa shape index (κ3) is 4.54. The zero-order valence-corrected chi connectivity index (χ0v) is 13.1. The van der Waals surface area contributed by atoms with Crippen molar-refractivity contribution in [1.29, 1.82) is 5.26 Å². The van der Waals surface area contributed by atoms with Crippen LogP contribution in [0.15, 0.2) is 18.2 Å². The molecule has 3 heteroatoms. The molecule has 1 rings (SSSR count). The van der Waals surface area contributed by atoms with Crippen LogP contribution in [0.3, 0.4) is 0 Å². The molecule has 0 aromatic heterocycles. The third-order valence-corrected chi connectivity index (χ3v) is 3.76. The first-order valence-electron chi connectivity index (χ1n) is 7.35. The highest BCUT2D eigenvalue weighted by Gasteiger charge is 2.21. The number of rotatable bonds is 7. The van der Waals surface area contributed by atoms with E-state index in [1.807, 2.05) is 13.8 Å². The molecule has 0 spiro atoms. The van der Waals surface area contributed by atoms with Gasteiger partial charge in [0.05, 0.1) is 12.7 Å². The predicted octanol–water partition coefficient (Wildman–Crippen LogP) is 3.91. The van der Waals surface area contributed by atoms with E-state index >= 15 is 0 Å². The highest BCUT2D eigenvalue weighted by molar-refractivity contribution is 5.37. The largest absolute Gasteiger partial charge is 0.493 e. The quantitative estimate of drug-likeness (QED) is 0.767. The Morgan fingerprint density at radius 1 is 1.40 bits per heavy atom. The second kappa shape index (κ2) is 7.31. The van der Waals surface area contributed by atoms with Gasteiger partial charge in [0.25, 0.3) is 0 Å². The van der Waals surface area contributed by atoms with Crippen LogP contribution < -0.4 is 10.5 Å². The van der Waals surface area contributed by atoms with Gasteiger partial charge in [-0.2, -0.15) is 5.26 Å². The average molecular weight is 274 g/mol. The molecule has 0 aliphatic heterocycles. The van der Waals surface area contributed by atoms with Crippen LogP contribution in [-0.4, -0.2) is 12.1 Å². The molecule has 1 aromatic rings. The predicted molar refractivity (Wildman–Crippen MR) is 82.8 cm³/mol. The fourth-order valence-corrected chi connectivity index (χ4v) is 2.01. The number of benzene rings is 1. The molecule has 110 valence electrons. The molecule has 0 aliphatic rings. The van der Waals surface area contributed by atoms with Crippen molar-refractivity contribution in [3.8, 4) is 11.8 Å². The molecule has 20 heavy (non-hydrogen) atoms. The second-order valence-electron chi connectivity index (χ2n) is 5.75. The second-order valence-corrected chi connectivity index (χ2v) is 5.75. The first-order valence-corrected chi connectivity index (χ1v) is 7.35. The Labute approximate surface area is 122 Å². The topological polar surface area (TPSA) is 59.0 Å². The standard InChI is InChI=1S/C17H26N2O/c1-5-17(19,12-18)9-6-10-20-16-11-15(13(2)3)8-7-14(16)4/h7-8,11,13H,5-6,9-10,19H2,1-4H3. The minimum Gasteiger partial charge on any atom is -0.493 e. The van der Waals surface area contributed by atoms with E-state index in [2.05, 4.69) is 38.1 Å². The summed E-state index contributed by atoms with van der Waals surface area (Å²) >= 11 is 0. The van der Waals surface area contributed by atoms with Gasteiger partial charge in [0.1, 0.15) is 11.3 Å². The van der Waals surface area contributed by atoms with Crippen LogP contribution >= 0.6 is 0 Å². The summed E-state index contributed by atoms with van der Waals surface area (Å²) in [5.41, 5.74) is 7.67. The van der Waals surface area contributed by atoms with Crippen molar-refractivity contribution in [2.45, 2.75) is 58.4 Å². The zero-order chi connectivity index (χ0) is 15.2. The SMILES string of the molecule is CCC(N)(C#N)CCCOc1cc(C(C)C)ccc1C. The van der Waals surface area contributed by atoms with Crippen molar-refractivity contribution in [1.82, 2.24) is 0 Å². The molecule has 0 amide bonds. The van der Waals surface area contributed by atoms with Gasteiger partial charge in [0.2, 0.25) is 0 Å². The van der Waals surface area contributed by atoms with Crippen molar-refractivity contribution in [2.75, 3.05) is 6.61 Å². The van der Waals surface area contributed by atoms with Crippen molar-refractivity contribution >= 4 is 0 Å². The number of hydrogen-bond acceptors (Lipinski definition) is 3. The van der Waals surface area contributed by atoms with Crippen LogP contribution in [0.25, 0.3) is 0 Å². The Balaban J connectivity index is 2.54. The molecule has 0 heterocycles. The van der Waals surface area contributed by atoms with Crippen LogP contribution in [0.1, 0.15) is 57.1 Å². The highest BCUT2D eigenvalue weighted by Crippen LogP contribution is 2.24. The Morgan fingerprint density at radius 2 is 2.10 bits per heavy atom. The highest BCUT2D eigenvalue weighted by atomic mass is 16.5. The van der Waals surface area contributed by atoms with Gasteiger partial charge in [-0.15, -0.1) is 0 Å². The number of aryl methyl sites for hydroxylation is 1. The summed E-state index contributed by atoms with van der Waals surface area (Å²) in [4.78, 5) is 0. The van der Waals surface area contributed by atoms with Crippen molar-refractivity contribution in [3.05, 3.63) is 29.3 Å². The monoisotopic (exact) mass is 274 g/mol. The molecule has 3 nitrogen and oxygen atoms in total. The van der Waals surface area contributed by atoms with Crippen molar-refractivity contribution in [3.63, 3.8) is 0 Å². The molecule has 0 fully saturated rings. The lowest BCUT2D eigenvalue weighted by Crippen LogP contribution is -2.37. The minimum atomic E-state index is -0.710. The van der Waals surface area contributed by atoms with Crippen LogP contribution in [0.2, 0.25) is 0 Å². The van der Waals surface area contributed by atoms with E-state index in [4.69, 9.17) is 15.7 Å². The lowest BCUT2D eigenvalue weighted by atomic mass is 9.94. The first kappa shape index (κ1) is 16.5. The summed E-state index contributed by atoms with van der Waals surface area (Å²) in [6.45, 7) is 8.94. The maximum atomic E-state index is 9.03. The summed E-state index contributed by atoms with van der Waals surface area (Å²) in [5.74, 6) is 1.43. The number of nitrogens with two attached hydrogens (primary N) is 1. The minimum absolute atomic E-state index is 0.494. The summed E-state index contributed by atoms with van der Waals surface area (Å²) in [5, 5.41) is 9.03. The lowest BCUT2D eigenvalue weighted by Gasteiger charge is -2.19. The molecule has 0 saturated carbocycles. The summed E-state index contributed by atoms with van der Waals surface area (Å²) < 4.78 is 5.85. The normalized spacial score (nSPS) is 13.8. The third-order valence-electron chi connectivity index (χ3n) is 3.76. The zero-order valence-electron chi connectivity index (χ0n) is 13.1. The van der Waals surface area contributed by atoms with Gasteiger partial charge in [-0.25, -0.2) is 0 Å². The molecule has 1 atom stereocenters. The van der Waals surface area contributed by atoms with E-state index in [0.29, 0.717) is 25.4 Å². The van der Waals surface area contributed by atoms with Crippen LogP contribution in [-0.2, 0) is 0 Å². The molecular formula is C17H26N2O. The van der Waals surface area contributed by atoms with Gasteiger partial charge in [-0.05, 0) is 49.3 Å². The molecule has 0 saturated heterocycles. The summed E-state index contributed by atoms with van der Waals surface area (Å²) in [7, 11) is 0. The Bertz CT molecular complexity index is 476. The van der Waals surface area contributed by atoms with Crippen molar-refractivity contribution < 1.29 is 4.74 Å². The van der Waals surface area contributed by atoms with Gasteiger partial charge in [0, 0.05) is 0 Å². The van der Waals surface area contributed by atoms with E-state index in [-0.39, 0.29) is 0 Å². The van der Waals surface area contributed by atoms with Crippen LogP contribution in [0.4, 0.5) is 0 Å². The van der Waals surface area contributed by atoms with Gasteiger partial charge in [0.15, 0.2) is 0 Å². The van der Waals surface area contributed by atoms with Gasteiger partial charge >= 0.3 is 0 Å². The molecule has 0 radical (unpaired) electrons. The lowest BCUT2D eigenvalue weighted by molar-refractivity contribution is 0.289. The van der Waals surface area contributed by atoms with Gasteiger partial charge in [-0.1, -0.05) is 32.9 Å². The Hall–Kier alpha value is -1.53. The van der Waals surface area contributed by atoms with Crippen LogP contribution in [0, 0.1) is 18.3 Å². The van der Waals surface area contributed by atoms with Gasteiger partial charge in [-0.3, -0.25) is 0 Å². The maximum Gasteiger partial charge on any atom is 0.122 e. The molecule has 0 bridgehead atoms. The first-order chi connectivity index (χ1) is 9.41. The number of nitrogens with zero attached hydrogens (tertiary/aromatic N) is 1. The summed E-state index contributed by atoms with van der Waals surface area (Å²) in [6, 6.07) is 8.54. The number of ether oxygens (including phenoxy) is 1. The molecule has 0 aliphatic carbocycles. The fraction of sp³-hybridized carbons (Fsp3) is 0.588. The smallest absolute Gasteiger partial charge is 0.122 e. The molecule has 1 aromatic carbocycles. The van der Waals surface area contributed by atoms with Gasteiger partial charge < -0.3 is 10.5 Å². The van der Waals surface area contributed by atoms with E-state index < -0.39 is 5.54 Å². The number of hydrogen-bond donors (Lipinski definition) is 1. The van der Waals surface area contributed by atoms with E-state index in [0.717, 1.165) is 17.7 Å². The van der Waals surface area contributed by atoms with Crippen molar-refractivity contribution in [2.24, 2.45) is 5.73 Å². The Morgan fingerprint density at radius 3 is 2.65 bits per heavy atom. The summed E-state index contributed by atoms with van der Waals surface area (Å²) in [6.07, 6.45) is 2.14. The van der Waals surface area contributed by atoms with E-state index in [1.54, 1.807) is 0 Å². The molecule has 2 N–H and O–H groups in total. The Kier molecular flexibility index (Phi) is 6.04. The van der Waals surface area contributed by atoms with Crippen LogP contribution in [0.5, 0.6) is 5.75 Å². The van der Waals surface area contributed by atoms with E-state index in [9.17, 15) is 0 Å². The van der Waals surface area contributed by atoms with E-state index in [1.165, 1.54) is 5.56 Å². The number of nitriles is 1. The average Bonchev–Trinajstić information content (AvgIpc) is 2.44.